The van der Waals surface area contributed by atoms with Crippen LogP contribution in [0.2, 0.25) is 0 Å². The monoisotopic (exact) mass is 243 g/mol. The third-order valence-electron chi connectivity index (χ3n) is 5.04. The number of rotatable bonds is 2. The molecule has 0 amide bonds. The fourth-order valence-electron chi connectivity index (χ4n) is 3.99. The molecule has 1 saturated heterocycles. The Labute approximate surface area is 111 Å². The molecule has 1 aliphatic heterocycles. The van der Waals surface area contributed by atoms with E-state index in [2.05, 4.69) is 36.5 Å². The molecule has 2 aliphatic rings. The molecule has 1 nitrogen and oxygen atoms in total. The zero-order valence-corrected chi connectivity index (χ0v) is 11.5. The second kappa shape index (κ2) is 5.44. The minimum Gasteiger partial charge on any atom is -0.316 e. The lowest BCUT2D eigenvalue weighted by molar-refractivity contribution is 0.231. The van der Waals surface area contributed by atoms with E-state index in [1.807, 2.05) is 0 Å². The maximum Gasteiger partial charge on any atom is -0.00120 e. The van der Waals surface area contributed by atoms with Crippen LogP contribution in [0.3, 0.4) is 0 Å². The average molecular weight is 243 g/mol. The van der Waals surface area contributed by atoms with Crippen molar-refractivity contribution in [2.45, 2.75) is 44.9 Å². The Balaban J connectivity index is 1.80. The predicted molar refractivity (Wildman–Crippen MR) is 76.9 cm³/mol. The van der Waals surface area contributed by atoms with Gasteiger partial charge in [-0.2, -0.15) is 0 Å². The minimum absolute atomic E-state index is 0.801. The van der Waals surface area contributed by atoms with Gasteiger partial charge in [-0.1, -0.05) is 55.5 Å². The quantitative estimate of drug-likeness (QED) is 0.831. The molecular weight excluding hydrogens is 218 g/mol. The molecule has 1 aliphatic carbocycles. The van der Waals surface area contributed by atoms with E-state index in [4.69, 9.17) is 0 Å². The lowest BCUT2D eigenvalue weighted by Crippen LogP contribution is -2.38. The topological polar surface area (TPSA) is 12.0 Å². The predicted octanol–water partition coefficient (Wildman–Crippen LogP) is 3.88. The lowest BCUT2D eigenvalue weighted by atomic mass is 9.73. The van der Waals surface area contributed by atoms with Crippen LogP contribution in [0.4, 0.5) is 0 Å². The third kappa shape index (κ3) is 2.47. The maximum atomic E-state index is 3.62. The molecule has 0 spiro atoms. The van der Waals surface area contributed by atoms with Crippen molar-refractivity contribution in [2.24, 2.45) is 11.8 Å². The Morgan fingerprint density at radius 2 is 1.72 bits per heavy atom. The van der Waals surface area contributed by atoms with Crippen molar-refractivity contribution in [1.29, 1.82) is 0 Å². The average Bonchev–Trinajstić information content (AvgIpc) is 2.93. The Bertz CT molecular complexity index is 375. The van der Waals surface area contributed by atoms with Crippen molar-refractivity contribution in [1.82, 2.24) is 5.32 Å². The van der Waals surface area contributed by atoms with E-state index in [9.17, 15) is 0 Å². The zero-order chi connectivity index (χ0) is 12.4. The van der Waals surface area contributed by atoms with Gasteiger partial charge < -0.3 is 5.32 Å². The fourth-order valence-corrected chi connectivity index (χ4v) is 3.99. The van der Waals surface area contributed by atoms with Gasteiger partial charge in [-0.15, -0.1) is 0 Å². The van der Waals surface area contributed by atoms with Gasteiger partial charge in [0.05, 0.1) is 0 Å². The molecule has 0 radical (unpaired) electrons. The van der Waals surface area contributed by atoms with Crippen LogP contribution < -0.4 is 5.32 Å². The van der Waals surface area contributed by atoms with Crippen LogP contribution in [-0.4, -0.2) is 13.1 Å². The molecule has 0 aromatic heterocycles. The molecule has 2 fully saturated rings. The van der Waals surface area contributed by atoms with E-state index in [1.54, 1.807) is 5.56 Å². The van der Waals surface area contributed by atoms with Gasteiger partial charge in [0, 0.05) is 0 Å². The largest absolute Gasteiger partial charge is 0.316 e. The van der Waals surface area contributed by atoms with Crippen LogP contribution in [0.25, 0.3) is 0 Å². The fraction of sp³-hybridized carbons (Fsp3) is 0.647. The summed E-state index contributed by atoms with van der Waals surface area (Å²) in [4.78, 5) is 0. The van der Waals surface area contributed by atoms with Crippen molar-refractivity contribution in [3.8, 4) is 0 Å². The molecule has 3 rings (SSSR count). The van der Waals surface area contributed by atoms with Gasteiger partial charge in [0.25, 0.3) is 0 Å². The van der Waals surface area contributed by atoms with Crippen molar-refractivity contribution in [3.63, 3.8) is 0 Å². The smallest absolute Gasteiger partial charge is 0.00120 e. The Morgan fingerprint density at radius 1 is 1.00 bits per heavy atom. The molecule has 1 aromatic carbocycles. The number of nitrogens with one attached hydrogen (secondary N) is 1. The Morgan fingerprint density at radius 3 is 2.44 bits per heavy atom. The maximum absolute atomic E-state index is 3.62. The van der Waals surface area contributed by atoms with Crippen molar-refractivity contribution in [3.05, 3.63) is 35.4 Å². The minimum atomic E-state index is 0.801. The first-order chi connectivity index (χ1) is 8.84. The Hall–Kier alpha value is -0.820. The Kier molecular flexibility index (Phi) is 3.69. The van der Waals surface area contributed by atoms with Gasteiger partial charge in [-0.25, -0.2) is 0 Å². The lowest BCUT2D eigenvalue weighted by Gasteiger charge is -2.36. The molecule has 1 N–H and O–H groups in total. The second-order valence-electron chi connectivity index (χ2n) is 6.22. The summed E-state index contributed by atoms with van der Waals surface area (Å²) in [5, 5.41) is 3.62. The molecule has 2 unspecified atom stereocenters. The summed E-state index contributed by atoms with van der Waals surface area (Å²) in [5.74, 6) is 2.66. The number of benzene rings is 1. The van der Waals surface area contributed by atoms with Crippen molar-refractivity contribution >= 4 is 0 Å². The molecule has 1 heterocycles. The van der Waals surface area contributed by atoms with Gasteiger partial charge in [-0.3, -0.25) is 0 Å². The SMILES string of the molecule is Cc1ccc(C2CCNCC2C2CCCC2)cc1. The first kappa shape index (κ1) is 12.2. The molecule has 2 atom stereocenters. The van der Waals surface area contributed by atoms with Crippen molar-refractivity contribution in [2.75, 3.05) is 13.1 Å². The number of hydrogen-bond donors (Lipinski definition) is 1. The summed E-state index contributed by atoms with van der Waals surface area (Å²) in [6.07, 6.45) is 7.18. The molecule has 1 saturated carbocycles. The van der Waals surface area contributed by atoms with E-state index in [1.165, 1.54) is 50.8 Å². The summed E-state index contributed by atoms with van der Waals surface area (Å²) in [6, 6.07) is 9.30. The number of aryl methyl sites for hydroxylation is 1. The van der Waals surface area contributed by atoms with Crippen molar-refractivity contribution < 1.29 is 0 Å². The summed E-state index contributed by atoms with van der Waals surface area (Å²) in [5.41, 5.74) is 2.96. The highest BCUT2D eigenvalue weighted by molar-refractivity contribution is 5.26. The van der Waals surface area contributed by atoms with Crippen LogP contribution >= 0.6 is 0 Å². The first-order valence-electron chi connectivity index (χ1n) is 7.62. The van der Waals surface area contributed by atoms with E-state index < -0.39 is 0 Å². The standard InChI is InChI=1S/C17H25N/c1-13-6-8-15(9-7-13)16-10-11-18-12-17(16)14-4-2-3-5-14/h6-9,14,16-18H,2-5,10-12H2,1H3. The van der Waals surface area contributed by atoms with E-state index in [0.29, 0.717) is 0 Å². The molecular formula is C17H25N. The van der Waals surface area contributed by atoms with E-state index in [-0.39, 0.29) is 0 Å². The van der Waals surface area contributed by atoms with Gasteiger partial charge in [0.15, 0.2) is 0 Å². The molecule has 18 heavy (non-hydrogen) atoms. The summed E-state index contributed by atoms with van der Waals surface area (Å²) in [7, 11) is 0. The number of hydrogen-bond acceptors (Lipinski definition) is 1. The third-order valence-corrected chi connectivity index (χ3v) is 5.04. The highest BCUT2D eigenvalue weighted by Gasteiger charge is 2.33. The molecule has 98 valence electrons. The summed E-state index contributed by atoms with van der Waals surface area (Å²) < 4.78 is 0. The van der Waals surface area contributed by atoms with Gasteiger partial charge >= 0.3 is 0 Å². The molecule has 1 aromatic rings. The van der Waals surface area contributed by atoms with Gasteiger partial charge in [0.1, 0.15) is 0 Å². The van der Waals surface area contributed by atoms with Crippen LogP contribution in [0.5, 0.6) is 0 Å². The van der Waals surface area contributed by atoms with E-state index in [0.717, 1.165) is 17.8 Å². The summed E-state index contributed by atoms with van der Waals surface area (Å²) in [6.45, 7) is 4.62. The van der Waals surface area contributed by atoms with Crippen LogP contribution in [0.1, 0.15) is 49.1 Å². The van der Waals surface area contributed by atoms with Gasteiger partial charge in [-0.05, 0) is 49.8 Å². The van der Waals surface area contributed by atoms with Gasteiger partial charge in [0.2, 0.25) is 0 Å². The summed E-state index contributed by atoms with van der Waals surface area (Å²) >= 11 is 0. The van der Waals surface area contributed by atoms with Crippen LogP contribution in [-0.2, 0) is 0 Å². The highest BCUT2D eigenvalue weighted by atomic mass is 14.9. The van der Waals surface area contributed by atoms with E-state index >= 15 is 0 Å². The molecule has 0 bridgehead atoms. The second-order valence-corrected chi connectivity index (χ2v) is 6.22. The van der Waals surface area contributed by atoms with Crippen LogP contribution in [0, 0.1) is 18.8 Å². The van der Waals surface area contributed by atoms with Crippen LogP contribution in [0.15, 0.2) is 24.3 Å². The first-order valence-corrected chi connectivity index (χ1v) is 7.62. The number of piperidine rings is 1. The highest BCUT2D eigenvalue weighted by Crippen LogP contribution is 2.41. The zero-order valence-electron chi connectivity index (χ0n) is 11.5. The normalized spacial score (nSPS) is 29.6. The molecule has 1 heteroatoms.